The highest BCUT2D eigenvalue weighted by Gasteiger charge is 2.32. The quantitative estimate of drug-likeness (QED) is 0.824. The van der Waals surface area contributed by atoms with Crippen molar-refractivity contribution in [3.8, 4) is 0 Å². The van der Waals surface area contributed by atoms with Crippen LogP contribution in [0.5, 0.6) is 0 Å². The van der Waals surface area contributed by atoms with Gasteiger partial charge in [-0.25, -0.2) is 0 Å². The maximum absolute atomic E-state index is 6.23. The van der Waals surface area contributed by atoms with Crippen LogP contribution in [-0.4, -0.2) is 31.6 Å². The SMILES string of the molecule is CN1CCC(C2CNc3c(Cl)cccc32)CC1. The highest BCUT2D eigenvalue weighted by atomic mass is 35.5. The molecule has 3 heteroatoms. The van der Waals surface area contributed by atoms with Crippen molar-refractivity contribution in [2.45, 2.75) is 18.8 Å². The Balaban J connectivity index is 1.82. The second-order valence-corrected chi connectivity index (χ2v) is 5.74. The van der Waals surface area contributed by atoms with Crippen molar-refractivity contribution in [1.29, 1.82) is 0 Å². The number of fused-ring (bicyclic) bond motifs is 1. The fourth-order valence-corrected chi connectivity index (χ4v) is 3.46. The molecule has 1 N–H and O–H groups in total. The van der Waals surface area contributed by atoms with Crippen molar-refractivity contribution < 1.29 is 0 Å². The molecular formula is C14H19ClN2. The van der Waals surface area contributed by atoms with Crippen LogP contribution in [0, 0.1) is 5.92 Å². The molecular weight excluding hydrogens is 232 g/mol. The highest BCUT2D eigenvalue weighted by molar-refractivity contribution is 6.33. The highest BCUT2D eigenvalue weighted by Crippen LogP contribution is 2.43. The van der Waals surface area contributed by atoms with Gasteiger partial charge in [0.05, 0.1) is 10.7 Å². The van der Waals surface area contributed by atoms with E-state index in [0.717, 1.165) is 17.5 Å². The van der Waals surface area contributed by atoms with Gasteiger partial charge >= 0.3 is 0 Å². The fraction of sp³-hybridized carbons (Fsp3) is 0.571. The molecule has 1 aromatic rings. The van der Waals surface area contributed by atoms with E-state index in [1.54, 1.807) is 0 Å². The zero-order valence-corrected chi connectivity index (χ0v) is 11.0. The first-order valence-corrected chi connectivity index (χ1v) is 6.84. The third-order valence-corrected chi connectivity index (χ3v) is 4.59. The van der Waals surface area contributed by atoms with Gasteiger partial charge in [0.1, 0.15) is 0 Å². The van der Waals surface area contributed by atoms with E-state index >= 15 is 0 Å². The van der Waals surface area contributed by atoms with Crippen LogP contribution in [0.1, 0.15) is 24.3 Å². The van der Waals surface area contributed by atoms with E-state index in [2.05, 4.69) is 29.4 Å². The molecule has 0 bridgehead atoms. The molecule has 0 radical (unpaired) electrons. The molecule has 3 rings (SSSR count). The van der Waals surface area contributed by atoms with Crippen LogP contribution in [0.2, 0.25) is 5.02 Å². The molecule has 1 aromatic carbocycles. The predicted octanol–water partition coefficient (Wildman–Crippen LogP) is 3.19. The summed E-state index contributed by atoms with van der Waals surface area (Å²) in [6.45, 7) is 3.53. The minimum absolute atomic E-state index is 0.664. The summed E-state index contributed by atoms with van der Waals surface area (Å²) in [5.41, 5.74) is 2.62. The molecule has 2 heterocycles. The van der Waals surface area contributed by atoms with E-state index in [1.807, 2.05) is 6.07 Å². The average Bonchev–Trinajstić information content (AvgIpc) is 2.75. The fourth-order valence-electron chi connectivity index (χ4n) is 3.21. The third-order valence-electron chi connectivity index (χ3n) is 4.28. The predicted molar refractivity (Wildman–Crippen MR) is 72.9 cm³/mol. The zero-order valence-electron chi connectivity index (χ0n) is 10.2. The van der Waals surface area contributed by atoms with E-state index in [-0.39, 0.29) is 0 Å². The van der Waals surface area contributed by atoms with Crippen LogP contribution in [-0.2, 0) is 0 Å². The Kier molecular flexibility index (Phi) is 3.01. The van der Waals surface area contributed by atoms with Crippen LogP contribution in [0.4, 0.5) is 5.69 Å². The molecule has 17 heavy (non-hydrogen) atoms. The van der Waals surface area contributed by atoms with Crippen molar-refractivity contribution >= 4 is 17.3 Å². The van der Waals surface area contributed by atoms with Gasteiger partial charge in [0.2, 0.25) is 0 Å². The molecule has 0 aliphatic carbocycles. The Morgan fingerprint density at radius 1 is 1.29 bits per heavy atom. The van der Waals surface area contributed by atoms with Gasteiger partial charge in [-0.3, -0.25) is 0 Å². The van der Waals surface area contributed by atoms with Gasteiger partial charge in [0, 0.05) is 12.5 Å². The van der Waals surface area contributed by atoms with E-state index in [0.29, 0.717) is 5.92 Å². The Labute approximate surface area is 108 Å². The lowest BCUT2D eigenvalue weighted by Crippen LogP contribution is -2.33. The second-order valence-electron chi connectivity index (χ2n) is 5.33. The van der Waals surface area contributed by atoms with Gasteiger partial charge in [0.25, 0.3) is 0 Å². The molecule has 92 valence electrons. The van der Waals surface area contributed by atoms with Gasteiger partial charge in [0.15, 0.2) is 0 Å². The molecule has 0 saturated carbocycles. The number of nitrogens with zero attached hydrogens (tertiary/aromatic N) is 1. The number of nitrogens with one attached hydrogen (secondary N) is 1. The molecule has 1 unspecified atom stereocenters. The van der Waals surface area contributed by atoms with Crippen LogP contribution >= 0.6 is 11.6 Å². The summed E-state index contributed by atoms with van der Waals surface area (Å²) >= 11 is 6.23. The number of likely N-dealkylation sites (tertiary alicyclic amines) is 1. The van der Waals surface area contributed by atoms with Crippen molar-refractivity contribution in [2.75, 3.05) is 32.0 Å². The standard InChI is InChI=1S/C14H19ClN2/c1-17-7-5-10(6-8-17)12-9-16-14-11(12)3-2-4-13(14)15/h2-4,10,12,16H,5-9H2,1H3. The third kappa shape index (κ3) is 2.04. The lowest BCUT2D eigenvalue weighted by Gasteiger charge is -2.32. The van der Waals surface area contributed by atoms with E-state index in [1.165, 1.54) is 37.2 Å². The number of rotatable bonds is 1. The second kappa shape index (κ2) is 4.51. The maximum Gasteiger partial charge on any atom is 0.0640 e. The number of halogens is 1. The lowest BCUT2D eigenvalue weighted by molar-refractivity contribution is 0.202. The Bertz CT molecular complexity index is 411. The van der Waals surface area contributed by atoms with E-state index in [9.17, 15) is 0 Å². The summed E-state index contributed by atoms with van der Waals surface area (Å²) in [4.78, 5) is 2.43. The summed E-state index contributed by atoms with van der Waals surface area (Å²) < 4.78 is 0. The first kappa shape index (κ1) is 11.4. The molecule has 1 fully saturated rings. The number of benzene rings is 1. The minimum atomic E-state index is 0.664. The number of para-hydroxylation sites is 1. The Morgan fingerprint density at radius 3 is 2.82 bits per heavy atom. The van der Waals surface area contributed by atoms with Gasteiger partial charge < -0.3 is 10.2 Å². The van der Waals surface area contributed by atoms with Gasteiger partial charge in [-0.05, 0) is 50.5 Å². The summed E-state index contributed by atoms with van der Waals surface area (Å²) in [6.07, 6.45) is 2.63. The van der Waals surface area contributed by atoms with Crippen molar-refractivity contribution in [3.63, 3.8) is 0 Å². The van der Waals surface area contributed by atoms with Gasteiger partial charge in [-0.15, -0.1) is 0 Å². The van der Waals surface area contributed by atoms with E-state index in [4.69, 9.17) is 11.6 Å². The average molecular weight is 251 g/mol. The summed E-state index contributed by atoms with van der Waals surface area (Å²) in [7, 11) is 2.22. The van der Waals surface area contributed by atoms with Crippen molar-refractivity contribution in [1.82, 2.24) is 4.90 Å². The number of hydrogen-bond acceptors (Lipinski definition) is 2. The molecule has 0 aromatic heterocycles. The van der Waals surface area contributed by atoms with Crippen LogP contribution in [0.3, 0.4) is 0 Å². The minimum Gasteiger partial charge on any atom is -0.383 e. The first-order chi connectivity index (χ1) is 8.25. The van der Waals surface area contributed by atoms with Crippen molar-refractivity contribution in [3.05, 3.63) is 28.8 Å². The molecule has 2 aliphatic heterocycles. The maximum atomic E-state index is 6.23. The van der Waals surface area contributed by atoms with Gasteiger partial charge in [-0.2, -0.15) is 0 Å². The molecule has 1 saturated heterocycles. The molecule has 0 spiro atoms. The monoisotopic (exact) mass is 250 g/mol. The van der Waals surface area contributed by atoms with Crippen molar-refractivity contribution in [2.24, 2.45) is 5.92 Å². The van der Waals surface area contributed by atoms with E-state index < -0.39 is 0 Å². The molecule has 0 amide bonds. The topological polar surface area (TPSA) is 15.3 Å². The number of hydrogen-bond donors (Lipinski definition) is 1. The zero-order chi connectivity index (χ0) is 11.8. The largest absolute Gasteiger partial charge is 0.383 e. The summed E-state index contributed by atoms with van der Waals surface area (Å²) in [6, 6.07) is 6.30. The lowest BCUT2D eigenvalue weighted by atomic mass is 9.81. The molecule has 1 atom stereocenters. The molecule has 2 nitrogen and oxygen atoms in total. The van der Waals surface area contributed by atoms with Crippen LogP contribution < -0.4 is 5.32 Å². The van der Waals surface area contributed by atoms with Gasteiger partial charge in [-0.1, -0.05) is 23.7 Å². The van der Waals surface area contributed by atoms with Crippen LogP contribution in [0.15, 0.2) is 18.2 Å². The number of anilines is 1. The normalized spacial score (nSPS) is 25.6. The summed E-state index contributed by atoms with van der Waals surface area (Å²) in [5, 5.41) is 4.35. The molecule has 2 aliphatic rings. The Morgan fingerprint density at radius 2 is 2.06 bits per heavy atom. The first-order valence-electron chi connectivity index (χ1n) is 6.46. The Hall–Kier alpha value is -0.730. The summed E-state index contributed by atoms with van der Waals surface area (Å²) in [5.74, 6) is 1.48. The van der Waals surface area contributed by atoms with Crippen LogP contribution in [0.25, 0.3) is 0 Å². The number of piperidine rings is 1. The smallest absolute Gasteiger partial charge is 0.0640 e.